The minimum Gasteiger partial charge on any atom is -0.497 e. The summed E-state index contributed by atoms with van der Waals surface area (Å²) >= 11 is 6.27. The molecule has 2 aromatic rings. The summed E-state index contributed by atoms with van der Waals surface area (Å²) in [5, 5.41) is 0.588. The van der Waals surface area contributed by atoms with E-state index in [0.29, 0.717) is 10.7 Å². The molecule has 0 spiro atoms. The van der Waals surface area contributed by atoms with Crippen LogP contribution >= 0.6 is 11.6 Å². The molecule has 7 heteroatoms. The lowest BCUT2D eigenvalue weighted by molar-refractivity contribution is 0.394. The summed E-state index contributed by atoms with van der Waals surface area (Å²) in [4.78, 5) is 8.83. The first-order valence-corrected chi connectivity index (χ1v) is 8.13. The molecule has 2 N–H and O–H groups in total. The van der Waals surface area contributed by atoms with Crippen molar-refractivity contribution in [3.8, 4) is 11.5 Å². The number of rotatable bonds is 4. The second-order valence-corrected chi connectivity index (χ2v) is 5.99. The van der Waals surface area contributed by atoms with Crippen molar-refractivity contribution in [2.45, 2.75) is 0 Å². The fourth-order valence-electron chi connectivity index (χ4n) is 2.88. The van der Waals surface area contributed by atoms with Gasteiger partial charge in [-0.2, -0.15) is 0 Å². The zero-order valence-electron chi connectivity index (χ0n) is 13.8. The SMILES string of the molecule is COc1ccc(N2CCN(c3ncc(N)cc3Cl)CC2)c(OC)c1. The second kappa shape index (κ2) is 7.05. The topological polar surface area (TPSA) is 63.9 Å². The van der Waals surface area contributed by atoms with Crippen molar-refractivity contribution in [1.82, 2.24) is 4.98 Å². The van der Waals surface area contributed by atoms with E-state index in [4.69, 9.17) is 26.8 Å². The van der Waals surface area contributed by atoms with Gasteiger partial charge in [0.2, 0.25) is 0 Å². The normalized spacial score (nSPS) is 14.6. The van der Waals surface area contributed by atoms with E-state index in [0.717, 1.165) is 49.2 Å². The van der Waals surface area contributed by atoms with Crippen molar-refractivity contribution in [3.63, 3.8) is 0 Å². The van der Waals surface area contributed by atoms with Crippen molar-refractivity contribution in [2.75, 3.05) is 55.9 Å². The van der Waals surface area contributed by atoms with Crippen LogP contribution in [-0.4, -0.2) is 45.4 Å². The monoisotopic (exact) mass is 348 g/mol. The van der Waals surface area contributed by atoms with Crippen LogP contribution in [0.4, 0.5) is 17.2 Å². The van der Waals surface area contributed by atoms with Crippen molar-refractivity contribution in [3.05, 3.63) is 35.5 Å². The molecule has 6 nitrogen and oxygen atoms in total. The standard InChI is InChI=1S/C17H21ClN4O2/c1-23-13-3-4-15(16(10-13)24-2)21-5-7-22(8-6-21)17-14(18)9-12(19)11-20-17/h3-4,9-11H,5-8,19H2,1-2H3. The molecule has 1 aromatic heterocycles. The molecular formula is C17H21ClN4O2. The highest BCUT2D eigenvalue weighted by atomic mass is 35.5. The zero-order chi connectivity index (χ0) is 17.1. The maximum absolute atomic E-state index is 6.27. The van der Waals surface area contributed by atoms with Crippen LogP contribution in [0.15, 0.2) is 30.5 Å². The van der Waals surface area contributed by atoms with Crippen LogP contribution < -0.4 is 25.0 Å². The van der Waals surface area contributed by atoms with Crippen molar-refractivity contribution in [2.24, 2.45) is 0 Å². The van der Waals surface area contributed by atoms with Crippen LogP contribution in [0.1, 0.15) is 0 Å². The zero-order valence-corrected chi connectivity index (χ0v) is 14.6. The molecule has 0 saturated carbocycles. The summed E-state index contributed by atoms with van der Waals surface area (Å²) in [5.41, 5.74) is 7.35. The van der Waals surface area contributed by atoms with E-state index in [-0.39, 0.29) is 0 Å². The average Bonchev–Trinajstić information content (AvgIpc) is 2.61. The fourth-order valence-corrected chi connectivity index (χ4v) is 3.18. The van der Waals surface area contributed by atoms with Gasteiger partial charge in [0.1, 0.15) is 17.3 Å². The van der Waals surface area contributed by atoms with Crippen LogP contribution in [0.3, 0.4) is 0 Å². The molecule has 1 aliphatic heterocycles. The van der Waals surface area contributed by atoms with Gasteiger partial charge in [0.15, 0.2) is 0 Å². The van der Waals surface area contributed by atoms with Crippen molar-refractivity contribution in [1.29, 1.82) is 0 Å². The summed E-state index contributed by atoms with van der Waals surface area (Å²) in [6.07, 6.45) is 1.64. The van der Waals surface area contributed by atoms with E-state index < -0.39 is 0 Å². The number of pyridine rings is 1. The van der Waals surface area contributed by atoms with Gasteiger partial charge in [0, 0.05) is 32.2 Å². The highest BCUT2D eigenvalue weighted by Gasteiger charge is 2.22. The molecule has 0 radical (unpaired) electrons. The third-order valence-corrected chi connectivity index (χ3v) is 4.43. The molecule has 1 aromatic carbocycles. The Hall–Kier alpha value is -2.34. The van der Waals surface area contributed by atoms with E-state index in [1.165, 1.54) is 0 Å². The summed E-state index contributed by atoms with van der Waals surface area (Å²) in [6.45, 7) is 3.35. The number of hydrogen-bond donors (Lipinski definition) is 1. The van der Waals surface area contributed by atoms with Gasteiger partial charge in [0.05, 0.1) is 36.8 Å². The van der Waals surface area contributed by atoms with E-state index in [1.54, 1.807) is 26.5 Å². The van der Waals surface area contributed by atoms with Crippen molar-refractivity contribution < 1.29 is 9.47 Å². The van der Waals surface area contributed by atoms with Crippen LogP contribution in [0.2, 0.25) is 5.02 Å². The molecule has 1 fully saturated rings. The minimum atomic E-state index is 0.574. The van der Waals surface area contributed by atoms with E-state index in [1.807, 2.05) is 18.2 Å². The first-order valence-electron chi connectivity index (χ1n) is 7.75. The molecule has 1 aliphatic rings. The Kier molecular flexibility index (Phi) is 4.85. The van der Waals surface area contributed by atoms with Crippen LogP contribution in [-0.2, 0) is 0 Å². The Balaban J connectivity index is 1.73. The molecule has 3 rings (SSSR count). The van der Waals surface area contributed by atoms with Gasteiger partial charge in [0.25, 0.3) is 0 Å². The smallest absolute Gasteiger partial charge is 0.147 e. The highest BCUT2D eigenvalue weighted by Crippen LogP contribution is 2.33. The molecule has 1 saturated heterocycles. The Morgan fingerprint density at radius 1 is 1.04 bits per heavy atom. The molecule has 24 heavy (non-hydrogen) atoms. The van der Waals surface area contributed by atoms with E-state index in [2.05, 4.69) is 14.8 Å². The van der Waals surface area contributed by atoms with Gasteiger partial charge in [-0.1, -0.05) is 11.6 Å². The number of piperazine rings is 1. The minimum absolute atomic E-state index is 0.574. The molecule has 0 atom stereocenters. The number of nitrogens with two attached hydrogens (primary N) is 1. The summed E-state index contributed by atoms with van der Waals surface area (Å²) < 4.78 is 10.8. The van der Waals surface area contributed by atoms with Gasteiger partial charge in [-0.25, -0.2) is 4.98 Å². The van der Waals surface area contributed by atoms with E-state index >= 15 is 0 Å². The number of hydrogen-bond acceptors (Lipinski definition) is 6. The number of anilines is 3. The Morgan fingerprint density at radius 2 is 1.75 bits per heavy atom. The molecule has 128 valence electrons. The van der Waals surface area contributed by atoms with Gasteiger partial charge < -0.3 is 25.0 Å². The lowest BCUT2D eigenvalue weighted by atomic mass is 10.2. The predicted molar refractivity (Wildman–Crippen MR) is 97.6 cm³/mol. The first kappa shape index (κ1) is 16.5. The molecule has 0 aliphatic carbocycles. The van der Waals surface area contributed by atoms with Gasteiger partial charge >= 0.3 is 0 Å². The second-order valence-electron chi connectivity index (χ2n) is 5.59. The quantitative estimate of drug-likeness (QED) is 0.916. The maximum atomic E-state index is 6.27. The molecule has 0 unspecified atom stereocenters. The predicted octanol–water partition coefficient (Wildman–Crippen LogP) is 2.66. The number of aromatic nitrogens is 1. The fraction of sp³-hybridized carbons (Fsp3) is 0.353. The first-order chi connectivity index (χ1) is 11.6. The summed E-state index contributed by atoms with van der Waals surface area (Å²) in [6, 6.07) is 7.62. The lowest BCUT2D eigenvalue weighted by Gasteiger charge is -2.37. The molecule has 2 heterocycles. The number of nitrogen functional groups attached to an aromatic ring is 1. The van der Waals surface area contributed by atoms with Crippen LogP contribution in [0.5, 0.6) is 11.5 Å². The number of halogens is 1. The molecular weight excluding hydrogens is 328 g/mol. The Labute approximate surface area is 146 Å². The summed E-state index contributed by atoms with van der Waals surface area (Å²) in [7, 11) is 3.32. The van der Waals surface area contributed by atoms with E-state index in [9.17, 15) is 0 Å². The maximum Gasteiger partial charge on any atom is 0.147 e. The number of benzene rings is 1. The van der Waals surface area contributed by atoms with Crippen LogP contribution in [0.25, 0.3) is 0 Å². The van der Waals surface area contributed by atoms with Crippen LogP contribution in [0, 0.1) is 0 Å². The number of methoxy groups -OCH3 is 2. The lowest BCUT2D eigenvalue weighted by Crippen LogP contribution is -2.47. The third kappa shape index (κ3) is 3.28. The molecule has 0 amide bonds. The summed E-state index contributed by atoms with van der Waals surface area (Å²) in [5.74, 6) is 2.38. The molecule has 0 bridgehead atoms. The Morgan fingerprint density at radius 3 is 2.38 bits per heavy atom. The van der Waals surface area contributed by atoms with Crippen molar-refractivity contribution >= 4 is 28.8 Å². The highest BCUT2D eigenvalue weighted by molar-refractivity contribution is 6.33. The van der Waals surface area contributed by atoms with Gasteiger partial charge in [-0.05, 0) is 18.2 Å². The third-order valence-electron chi connectivity index (χ3n) is 4.15. The van der Waals surface area contributed by atoms with Gasteiger partial charge in [-0.15, -0.1) is 0 Å². The average molecular weight is 349 g/mol. The number of ether oxygens (including phenoxy) is 2. The Bertz CT molecular complexity index is 718. The van der Waals surface area contributed by atoms with Gasteiger partial charge in [-0.3, -0.25) is 0 Å². The largest absolute Gasteiger partial charge is 0.497 e. The number of nitrogens with zero attached hydrogens (tertiary/aromatic N) is 3.